The van der Waals surface area contributed by atoms with Crippen molar-refractivity contribution in [3.05, 3.63) is 60.6 Å². The Morgan fingerprint density at radius 2 is 1.65 bits per heavy atom. The summed E-state index contributed by atoms with van der Waals surface area (Å²) in [7, 11) is 3.18. The molecule has 3 aromatic rings. The third-order valence-electron chi connectivity index (χ3n) is 6.39. The summed E-state index contributed by atoms with van der Waals surface area (Å²) in [4.78, 5) is 26.3. The predicted molar refractivity (Wildman–Crippen MR) is 128 cm³/mol. The molecule has 4 heterocycles. The van der Waals surface area contributed by atoms with Crippen LogP contribution in [0.3, 0.4) is 0 Å². The number of hydrogen-bond acceptors (Lipinski definition) is 8. The molecule has 2 saturated heterocycles. The van der Waals surface area contributed by atoms with E-state index in [1.165, 1.54) is 0 Å². The highest BCUT2D eigenvalue weighted by atomic mass is 16.5. The minimum absolute atomic E-state index is 0.0709. The molecule has 2 aliphatic heterocycles. The second-order valence-electron chi connectivity index (χ2n) is 8.42. The molecule has 9 nitrogen and oxygen atoms in total. The Morgan fingerprint density at radius 1 is 0.941 bits per heavy atom. The summed E-state index contributed by atoms with van der Waals surface area (Å²) in [6.07, 6.45) is 5.15. The molecule has 2 N–H and O–H groups in total. The summed E-state index contributed by atoms with van der Waals surface area (Å²) >= 11 is 0. The molecular formula is C25H27N5O4. The maximum absolute atomic E-state index is 13.5. The van der Waals surface area contributed by atoms with Gasteiger partial charge in [-0.2, -0.15) is 0 Å². The van der Waals surface area contributed by atoms with Crippen LogP contribution < -0.4 is 24.8 Å². The number of benzene rings is 1. The molecule has 2 aliphatic rings. The minimum atomic E-state index is -0.0980. The van der Waals surface area contributed by atoms with Crippen molar-refractivity contribution in [1.82, 2.24) is 14.9 Å². The van der Waals surface area contributed by atoms with Gasteiger partial charge in [0, 0.05) is 25.2 Å². The van der Waals surface area contributed by atoms with Crippen molar-refractivity contribution in [3.63, 3.8) is 0 Å². The van der Waals surface area contributed by atoms with Gasteiger partial charge in [-0.25, -0.2) is 9.97 Å². The lowest BCUT2D eigenvalue weighted by molar-refractivity contribution is 0.0634. The number of para-hydroxylation sites is 1. The molecule has 34 heavy (non-hydrogen) atoms. The number of nitrogens with zero attached hydrogens (tertiary/aromatic N) is 4. The second kappa shape index (κ2) is 9.09. The van der Waals surface area contributed by atoms with Gasteiger partial charge in [0.05, 0.1) is 44.4 Å². The zero-order valence-corrected chi connectivity index (χ0v) is 19.2. The van der Waals surface area contributed by atoms with Gasteiger partial charge in [-0.1, -0.05) is 18.2 Å². The summed E-state index contributed by atoms with van der Waals surface area (Å²) in [5.74, 6) is 2.60. The van der Waals surface area contributed by atoms with Crippen LogP contribution in [0.15, 0.2) is 54.9 Å². The summed E-state index contributed by atoms with van der Waals surface area (Å²) in [5.41, 5.74) is 7.05. The first kappa shape index (κ1) is 21.8. The van der Waals surface area contributed by atoms with Crippen LogP contribution in [0.2, 0.25) is 0 Å². The first-order chi connectivity index (χ1) is 16.6. The Balaban J connectivity index is 1.35. The van der Waals surface area contributed by atoms with E-state index < -0.39 is 0 Å². The fraction of sp³-hybridized carbons (Fsp3) is 0.320. The van der Waals surface area contributed by atoms with Crippen molar-refractivity contribution in [1.29, 1.82) is 0 Å². The Kier molecular flexibility index (Phi) is 5.83. The Bertz CT molecular complexity index is 1180. The third-order valence-corrected chi connectivity index (χ3v) is 6.39. The van der Waals surface area contributed by atoms with Crippen LogP contribution in [0.4, 0.5) is 11.5 Å². The second-order valence-corrected chi connectivity index (χ2v) is 8.42. The van der Waals surface area contributed by atoms with Crippen LogP contribution in [0.25, 0.3) is 0 Å². The number of nitrogens with two attached hydrogens (primary N) is 1. The van der Waals surface area contributed by atoms with E-state index in [1.807, 2.05) is 35.2 Å². The molecule has 2 unspecified atom stereocenters. The van der Waals surface area contributed by atoms with Crippen LogP contribution in [0, 0.1) is 0 Å². The topological polar surface area (TPSA) is 103 Å². The molecule has 0 aliphatic carbocycles. The average molecular weight is 462 g/mol. The molecule has 1 amide bonds. The van der Waals surface area contributed by atoms with E-state index in [-0.39, 0.29) is 18.0 Å². The summed E-state index contributed by atoms with van der Waals surface area (Å²) in [6.45, 7) is 1.38. The number of aromatic nitrogens is 2. The predicted octanol–water partition coefficient (Wildman–Crippen LogP) is 3.36. The van der Waals surface area contributed by atoms with Crippen LogP contribution >= 0.6 is 0 Å². The molecular weight excluding hydrogens is 434 g/mol. The van der Waals surface area contributed by atoms with Gasteiger partial charge in [0.25, 0.3) is 5.91 Å². The van der Waals surface area contributed by atoms with E-state index >= 15 is 0 Å². The monoisotopic (exact) mass is 461 g/mol. The zero-order chi connectivity index (χ0) is 23.7. The lowest BCUT2D eigenvalue weighted by Crippen LogP contribution is -2.56. The normalized spacial score (nSPS) is 19.1. The van der Waals surface area contributed by atoms with Crippen molar-refractivity contribution in [3.8, 4) is 23.0 Å². The molecule has 2 bridgehead atoms. The van der Waals surface area contributed by atoms with E-state index in [9.17, 15) is 4.79 Å². The molecule has 0 saturated carbocycles. The van der Waals surface area contributed by atoms with Crippen molar-refractivity contribution in [2.75, 3.05) is 37.9 Å². The molecule has 2 aromatic heterocycles. The van der Waals surface area contributed by atoms with Gasteiger partial charge in [-0.05, 0) is 25.0 Å². The quantitative estimate of drug-likeness (QED) is 0.596. The molecule has 2 fully saturated rings. The number of methoxy groups -OCH3 is 2. The number of fused-ring (bicyclic) bond motifs is 2. The van der Waals surface area contributed by atoms with Gasteiger partial charge in [-0.3, -0.25) is 4.79 Å². The highest BCUT2D eigenvalue weighted by molar-refractivity contribution is 5.94. The molecule has 0 radical (unpaired) electrons. The fourth-order valence-corrected chi connectivity index (χ4v) is 4.80. The number of carbonyl (C=O) groups excluding carboxylic acids is 1. The number of hydrogen-bond donors (Lipinski definition) is 1. The Morgan fingerprint density at radius 3 is 2.32 bits per heavy atom. The van der Waals surface area contributed by atoms with Gasteiger partial charge in [0.15, 0.2) is 11.5 Å². The third kappa shape index (κ3) is 4.05. The highest BCUT2D eigenvalue weighted by Crippen LogP contribution is 2.38. The maximum Gasteiger partial charge on any atom is 0.273 e. The van der Waals surface area contributed by atoms with E-state index in [0.29, 0.717) is 47.6 Å². The van der Waals surface area contributed by atoms with Crippen molar-refractivity contribution < 1.29 is 19.0 Å². The van der Waals surface area contributed by atoms with E-state index in [4.69, 9.17) is 19.9 Å². The molecule has 0 spiro atoms. The number of carbonyl (C=O) groups is 1. The average Bonchev–Trinajstić information content (AvgIpc) is 3.13. The van der Waals surface area contributed by atoms with Crippen molar-refractivity contribution in [2.24, 2.45) is 0 Å². The summed E-state index contributed by atoms with van der Waals surface area (Å²) < 4.78 is 16.9. The largest absolute Gasteiger partial charge is 0.494 e. The van der Waals surface area contributed by atoms with Crippen LogP contribution in [-0.4, -0.2) is 60.2 Å². The Labute approximate surface area is 198 Å². The highest BCUT2D eigenvalue weighted by Gasteiger charge is 2.44. The number of pyridine rings is 2. The van der Waals surface area contributed by atoms with Gasteiger partial charge in [-0.15, -0.1) is 0 Å². The van der Waals surface area contributed by atoms with Gasteiger partial charge >= 0.3 is 0 Å². The smallest absolute Gasteiger partial charge is 0.273 e. The first-order valence-electron chi connectivity index (χ1n) is 11.2. The fourth-order valence-electron chi connectivity index (χ4n) is 4.80. The van der Waals surface area contributed by atoms with Crippen LogP contribution in [0.1, 0.15) is 23.3 Å². The van der Waals surface area contributed by atoms with Crippen LogP contribution in [-0.2, 0) is 0 Å². The number of ether oxygens (including phenoxy) is 3. The van der Waals surface area contributed by atoms with E-state index in [1.54, 1.807) is 38.7 Å². The van der Waals surface area contributed by atoms with E-state index in [0.717, 1.165) is 18.5 Å². The molecule has 5 rings (SSSR count). The lowest BCUT2D eigenvalue weighted by Gasteiger charge is -2.42. The number of nitrogen functional groups attached to an aromatic ring is 1. The van der Waals surface area contributed by atoms with Gasteiger partial charge < -0.3 is 29.7 Å². The van der Waals surface area contributed by atoms with E-state index in [2.05, 4.69) is 14.9 Å². The number of piperazine rings is 1. The molecule has 2 atom stereocenters. The molecule has 9 heteroatoms. The maximum atomic E-state index is 13.5. The number of amides is 1. The SMILES string of the molecule is COc1cc(C(=O)N2C3CCC2CN(c2cnc(N)cc2OC)C3)ncc1Oc1ccccc1. The summed E-state index contributed by atoms with van der Waals surface area (Å²) in [6, 6.07) is 12.9. The molecule has 1 aromatic carbocycles. The van der Waals surface area contributed by atoms with Crippen molar-refractivity contribution in [2.45, 2.75) is 24.9 Å². The first-order valence-corrected chi connectivity index (χ1v) is 11.2. The standard InChI is InChI=1S/C25H27N5O4/c1-32-21-11-24(26)28-12-20(21)29-14-16-8-9-17(15-29)30(16)25(31)19-10-22(33-2)23(13-27-19)34-18-6-4-3-5-7-18/h3-7,10-13,16-17H,8-9,14-15H2,1-2H3,(H2,26,28). The van der Waals surface area contributed by atoms with Gasteiger partial charge in [0.2, 0.25) is 0 Å². The van der Waals surface area contributed by atoms with Crippen molar-refractivity contribution >= 4 is 17.4 Å². The number of rotatable bonds is 6. The van der Waals surface area contributed by atoms with Crippen LogP contribution in [0.5, 0.6) is 23.0 Å². The summed E-state index contributed by atoms with van der Waals surface area (Å²) in [5, 5.41) is 0. The Hall–Kier alpha value is -4.01. The van der Waals surface area contributed by atoms with Gasteiger partial charge in [0.1, 0.15) is 23.0 Å². The lowest BCUT2D eigenvalue weighted by atomic mass is 10.1. The molecule has 176 valence electrons. The minimum Gasteiger partial charge on any atom is -0.494 e. The zero-order valence-electron chi connectivity index (χ0n) is 19.2. The number of anilines is 2.